The van der Waals surface area contributed by atoms with Gasteiger partial charge in [0, 0.05) is 42.4 Å². The van der Waals surface area contributed by atoms with Gasteiger partial charge in [0.1, 0.15) is 11.6 Å². The Labute approximate surface area is 289 Å². The third-order valence-electron chi connectivity index (χ3n) is 4.59. The Morgan fingerprint density at radius 2 is 1.30 bits per heavy atom. The van der Waals surface area contributed by atoms with Crippen molar-refractivity contribution in [3.8, 4) is 0 Å². The molecule has 22 heteroatoms. The van der Waals surface area contributed by atoms with Gasteiger partial charge in [-0.2, -0.15) is 0 Å². The average molecular weight is 776 g/mol. The summed E-state index contributed by atoms with van der Waals surface area (Å²) in [6, 6.07) is 2.07. The van der Waals surface area contributed by atoms with Gasteiger partial charge in [-0.15, -0.1) is 23.5 Å². The van der Waals surface area contributed by atoms with E-state index in [1.165, 1.54) is 39.9 Å². The molecule has 3 N–H and O–H groups in total. The van der Waals surface area contributed by atoms with Crippen molar-refractivity contribution in [2.24, 2.45) is 14.1 Å². The molecule has 0 fully saturated rings. The number of halogens is 7. The van der Waals surface area contributed by atoms with Gasteiger partial charge in [0.15, 0.2) is 0 Å². The summed E-state index contributed by atoms with van der Waals surface area (Å²) in [6.45, 7) is 0. The monoisotopic (exact) mass is 773 g/mol. The van der Waals surface area contributed by atoms with E-state index in [1.807, 2.05) is 0 Å². The predicted octanol–water partition coefficient (Wildman–Crippen LogP) is 6.29. The van der Waals surface area contributed by atoms with Gasteiger partial charge in [-0.1, -0.05) is 64.0 Å². The van der Waals surface area contributed by atoms with Crippen LogP contribution in [0.5, 0.6) is 0 Å². The fourth-order valence-corrected chi connectivity index (χ4v) is 5.91. The van der Waals surface area contributed by atoms with E-state index >= 15 is 0 Å². The summed E-state index contributed by atoms with van der Waals surface area (Å²) in [5.41, 5.74) is 4.53. The summed E-state index contributed by atoms with van der Waals surface area (Å²) in [5.74, 6) is -1.97. The third-order valence-corrected chi connectivity index (χ3v) is 8.24. The first-order valence-corrected chi connectivity index (χ1v) is 14.7. The molecule has 0 unspecified atom stereocenters. The van der Waals surface area contributed by atoms with Gasteiger partial charge in [-0.3, -0.25) is 14.9 Å². The number of nitrogens with two attached hydrogens (primary N) is 1. The molecule has 0 saturated heterocycles. The molecule has 1 radical (unpaired) electrons. The molecule has 2 aromatic heterocycles. The number of carbonyl (C=O) groups excluding carboxylic acids is 2. The number of benzene rings is 2. The van der Waals surface area contributed by atoms with Crippen molar-refractivity contribution in [3.63, 3.8) is 0 Å². The molecule has 0 spiro atoms. The van der Waals surface area contributed by atoms with Crippen LogP contribution in [-0.4, -0.2) is 64.1 Å². The summed E-state index contributed by atoms with van der Waals surface area (Å²) in [7, 11) is 3.21. The summed E-state index contributed by atoms with van der Waals surface area (Å²) < 4.78 is 29.7. The van der Waals surface area contributed by atoms with Crippen LogP contribution >= 0.6 is 81.5 Å². The standard InChI is InChI=1S/C10H8Cl2FN5OS.C8H4Cl3FOS.C2H5N5.CH4.V/c1-18-10(15-16-17-18)14-9(19)6-5(13)3-4(11)8(20-2)7(6)12;1-14-7-3(9)2-4(12)5(6(7)10)8(11)13;1-7-2(3)4-5-6-7;;/h3H,1-2H3,(H,14,15,17,19);2H,1H3;1H3,(H2,3,4,6);1H4;. The molecule has 0 bridgehead atoms. The quantitative estimate of drug-likeness (QED) is 0.173. The Morgan fingerprint density at radius 1 is 0.860 bits per heavy atom. The number of carbonyl (C=O) groups is 2. The van der Waals surface area contributed by atoms with E-state index in [0.717, 1.165) is 12.1 Å². The van der Waals surface area contributed by atoms with Gasteiger partial charge in [-0.25, -0.2) is 18.1 Å². The summed E-state index contributed by atoms with van der Waals surface area (Å²) >= 11 is 31.0. The fourth-order valence-electron chi connectivity index (χ4n) is 2.64. The number of nitrogen functional groups attached to an aromatic ring is 1. The van der Waals surface area contributed by atoms with E-state index in [-0.39, 0.29) is 63.1 Å². The van der Waals surface area contributed by atoms with E-state index in [2.05, 4.69) is 36.4 Å². The van der Waals surface area contributed by atoms with Gasteiger partial charge >= 0.3 is 0 Å². The minimum atomic E-state index is -0.931. The fraction of sp³-hybridized carbons (Fsp3) is 0.238. The van der Waals surface area contributed by atoms with Crippen LogP contribution in [0.15, 0.2) is 21.9 Å². The number of hydrogen-bond donors (Lipinski definition) is 2. The van der Waals surface area contributed by atoms with Crippen molar-refractivity contribution >= 4 is 105 Å². The average Bonchev–Trinajstić information content (AvgIpc) is 3.46. The number of anilines is 2. The molecular weight excluding hydrogens is 755 g/mol. The van der Waals surface area contributed by atoms with Gasteiger partial charge in [0.2, 0.25) is 11.9 Å². The first-order valence-electron chi connectivity index (χ1n) is 10.4. The topological polar surface area (TPSA) is 159 Å². The van der Waals surface area contributed by atoms with Crippen LogP contribution < -0.4 is 11.1 Å². The van der Waals surface area contributed by atoms with Crippen molar-refractivity contribution in [1.82, 2.24) is 40.4 Å². The van der Waals surface area contributed by atoms with Gasteiger partial charge in [-0.05, 0) is 57.1 Å². The van der Waals surface area contributed by atoms with Crippen LogP contribution in [0, 0.1) is 11.6 Å². The molecule has 2 aromatic carbocycles. The van der Waals surface area contributed by atoms with Crippen LogP contribution in [0.25, 0.3) is 0 Å². The number of nitrogens with one attached hydrogen (secondary N) is 1. The number of aryl methyl sites for hydroxylation is 2. The molecule has 233 valence electrons. The molecule has 1 amide bonds. The summed E-state index contributed by atoms with van der Waals surface area (Å²) in [4.78, 5) is 23.8. The summed E-state index contributed by atoms with van der Waals surface area (Å²) in [6.07, 6.45) is 3.44. The van der Waals surface area contributed by atoms with Gasteiger partial charge < -0.3 is 5.73 Å². The molecule has 4 aromatic rings. The molecule has 0 atom stereocenters. The minimum absolute atomic E-state index is 0. The van der Waals surface area contributed by atoms with Crippen molar-refractivity contribution in [2.75, 3.05) is 23.6 Å². The Morgan fingerprint density at radius 3 is 1.65 bits per heavy atom. The molecule has 4 rings (SSSR count). The zero-order valence-corrected chi connectivity index (χ0v) is 28.3. The van der Waals surface area contributed by atoms with Crippen molar-refractivity contribution in [2.45, 2.75) is 17.2 Å². The van der Waals surface area contributed by atoms with Crippen molar-refractivity contribution in [1.29, 1.82) is 0 Å². The van der Waals surface area contributed by atoms with Gasteiger partial charge in [0.25, 0.3) is 11.1 Å². The first kappa shape index (κ1) is 41.1. The van der Waals surface area contributed by atoms with E-state index in [1.54, 1.807) is 19.6 Å². The molecule has 0 saturated carbocycles. The Balaban J connectivity index is 0.000000668. The second kappa shape index (κ2) is 18.8. The smallest absolute Gasteiger partial charge is 0.262 e. The van der Waals surface area contributed by atoms with Crippen LogP contribution in [0.4, 0.5) is 20.7 Å². The Kier molecular flexibility index (Phi) is 18.0. The normalized spacial score (nSPS) is 9.84. The Bertz CT molecular complexity index is 1570. The molecule has 2 heterocycles. The Hall–Kier alpha value is -1.89. The predicted molar refractivity (Wildman–Crippen MR) is 163 cm³/mol. The number of amides is 1. The number of rotatable bonds is 5. The molecule has 43 heavy (non-hydrogen) atoms. The number of tetrazole rings is 2. The van der Waals surface area contributed by atoms with Crippen LogP contribution in [0.1, 0.15) is 28.1 Å². The van der Waals surface area contributed by atoms with Crippen molar-refractivity contribution < 1.29 is 36.9 Å². The zero-order valence-electron chi connectivity index (χ0n) is 21.5. The maximum atomic E-state index is 13.9. The number of nitrogens with zero attached hydrogens (tertiary/aromatic N) is 8. The van der Waals surface area contributed by atoms with Crippen LogP contribution in [0.2, 0.25) is 20.1 Å². The molecular formula is C21H21Cl5F2N10O2S2V. The molecule has 12 nitrogen and oxygen atoms in total. The first-order chi connectivity index (χ1) is 19.2. The zero-order chi connectivity index (χ0) is 31.0. The van der Waals surface area contributed by atoms with Crippen LogP contribution in [-0.2, 0) is 32.7 Å². The second-order valence-electron chi connectivity index (χ2n) is 7.14. The SMILES string of the molecule is C.CSc1c(Cl)cc(F)c(C(=O)Cl)c1Cl.CSc1c(Cl)cc(F)c(C(=O)Nc2nnnn2C)c1Cl.Cn1nnnc1N.[V]. The summed E-state index contributed by atoms with van der Waals surface area (Å²) in [5, 5.41) is 22.2. The maximum absolute atomic E-state index is 13.9. The minimum Gasteiger partial charge on any atom is -0.367 e. The maximum Gasteiger partial charge on any atom is 0.262 e. The number of thioether (sulfide) groups is 2. The van der Waals surface area contributed by atoms with E-state index in [0.29, 0.717) is 15.7 Å². The third kappa shape index (κ3) is 10.6. The molecule has 0 aliphatic rings. The second-order valence-corrected chi connectivity index (χ2v) is 10.7. The molecule has 0 aliphatic heterocycles. The van der Waals surface area contributed by atoms with Crippen LogP contribution in [0.3, 0.4) is 0 Å². The van der Waals surface area contributed by atoms with Gasteiger partial charge in [0.05, 0.1) is 31.2 Å². The van der Waals surface area contributed by atoms with E-state index < -0.39 is 22.8 Å². The van der Waals surface area contributed by atoms with E-state index in [4.69, 9.17) is 63.7 Å². The van der Waals surface area contributed by atoms with Crippen molar-refractivity contribution in [3.05, 3.63) is 55.0 Å². The molecule has 0 aliphatic carbocycles. The van der Waals surface area contributed by atoms with E-state index in [9.17, 15) is 18.4 Å². The number of aromatic nitrogens is 8. The number of hydrogen-bond acceptors (Lipinski definition) is 11. The largest absolute Gasteiger partial charge is 0.367 e.